The molecule has 230 valence electrons. The number of alkyl halides is 14. The van der Waals surface area contributed by atoms with Gasteiger partial charge >= 0.3 is 54.8 Å². The molecule has 0 rings (SSSR count). The third kappa shape index (κ3) is 9.16. The highest BCUT2D eigenvalue weighted by atomic mass is 32.2. The summed E-state index contributed by atoms with van der Waals surface area (Å²) in [7, 11) is -11.7. The van der Waals surface area contributed by atoms with Gasteiger partial charge in [0, 0.05) is 26.3 Å². The molecule has 0 aromatic carbocycles. The van der Waals surface area contributed by atoms with Crippen molar-refractivity contribution in [3.05, 3.63) is 0 Å². The molecule has 0 aliphatic carbocycles. The molecule has 0 fully saturated rings. The second-order valence-corrected chi connectivity index (χ2v) is 10.6. The number of rotatable bonds is 17. The summed E-state index contributed by atoms with van der Waals surface area (Å²) in [6, 6.07) is 0. The first-order valence-electron chi connectivity index (χ1n) is 9.45. The predicted molar refractivity (Wildman–Crippen MR) is 96.6 cm³/mol. The second-order valence-electron chi connectivity index (χ2n) is 7.06. The van der Waals surface area contributed by atoms with Gasteiger partial charge in [0.2, 0.25) is 0 Å². The van der Waals surface area contributed by atoms with Gasteiger partial charge in [-0.15, -0.1) is 0 Å². The van der Waals surface area contributed by atoms with Gasteiger partial charge in [0.15, 0.2) is 0 Å². The van der Waals surface area contributed by atoms with Crippen molar-refractivity contribution in [2.75, 3.05) is 39.5 Å². The monoisotopic (exact) mass is 640 g/mol. The zero-order valence-corrected chi connectivity index (χ0v) is 19.8. The molecule has 0 bridgehead atoms. The fourth-order valence-electron chi connectivity index (χ4n) is 1.97. The van der Waals surface area contributed by atoms with Crippen LogP contribution in [0.15, 0.2) is 0 Å². The van der Waals surface area contributed by atoms with Gasteiger partial charge in [-0.1, -0.05) is 0 Å². The van der Waals surface area contributed by atoms with E-state index in [0.29, 0.717) is 0 Å². The standard InChI is InChI=1S/C14H18F14N2O6S2/c15-9(16,7-35-5-1-3-29-37(31,32)13(23,24)25)11(19,20)12(21,22)10(17,18)8-36-6-2-4-30-38(33,34)14(26,27)28/h29-30H,1-8H2. The molecule has 0 radical (unpaired) electrons. The Balaban J connectivity index is 4.86. The lowest BCUT2D eigenvalue weighted by Gasteiger charge is -2.36. The number of halogens is 14. The first-order valence-corrected chi connectivity index (χ1v) is 12.4. The summed E-state index contributed by atoms with van der Waals surface area (Å²) in [5.74, 6) is -25.7. The molecule has 0 amide bonds. The van der Waals surface area contributed by atoms with Crippen LogP contribution < -0.4 is 9.44 Å². The van der Waals surface area contributed by atoms with Crippen LogP contribution in [-0.4, -0.2) is 91.1 Å². The number of hydrogen-bond acceptors (Lipinski definition) is 6. The number of ether oxygens (including phenoxy) is 2. The molecular formula is C14H18F14N2O6S2. The van der Waals surface area contributed by atoms with Crippen molar-refractivity contribution in [2.24, 2.45) is 0 Å². The van der Waals surface area contributed by atoms with Crippen molar-refractivity contribution < 1.29 is 87.8 Å². The number of hydrogen-bond donors (Lipinski definition) is 2. The maximum atomic E-state index is 13.7. The summed E-state index contributed by atoms with van der Waals surface area (Å²) >= 11 is 0. The van der Waals surface area contributed by atoms with Crippen LogP contribution in [0.25, 0.3) is 0 Å². The summed E-state index contributed by atoms with van der Waals surface area (Å²) < 4.78 is 234. The zero-order chi connectivity index (χ0) is 30.5. The highest BCUT2D eigenvalue weighted by Gasteiger charge is 2.80. The van der Waals surface area contributed by atoms with Crippen molar-refractivity contribution in [3.63, 3.8) is 0 Å². The Labute approximate surface area is 205 Å². The topological polar surface area (TPSA) is 111 Å². The second kappa shape index (κ2) is 12.5. The Kier molecular flexibility index (Phi) is 12.1. The lowest BCUT2D eigenvalue weighted by molar-refractivity contribution is -0.376. The Morgan fingerprint density at radius 1 is 0.500 bits per heavy atom. The van der Waals surface area contributed by atoms with E-state index in [2.05, 4.69) is 9.47 Å². The van der Waals surface area contributed by atoms with Gasteiger partial charge in [0.05, 0.1) is 0 Å². The van der Waals surface area contributed by atoms with Crippen LogP contribution >= 0.6 is 0 Å². The van der Waals surface area contributed by atoms with Crippen molar-refractivity contribution in [3.8, 4) is 0 Å². The largest absolute Gasteiger partial charge is 0.511 e. The van der Waals surface area contributed by atoms with Crippen molar-refractivity contribution in [1.82, 2.24) is 9.44 Å². The smallest absolute Gasteiger partial charge is 0.375 e. The third-order valence-corrected chi connectivity index (χ3v) is 6.39. The summed E-state index contributed by atoms with van der Waals surface area (Å²) in [5, 5.41) is 0. The summed E-state index contributed by atoms with van der Waals surface area (Å²) in [6.45, 7) is -9.94. The fourth-order valence-corrected chi connectivity index (χ4v) is 3.12. The molecule has 0 aliphatic rings. The Morgan fingerprint density at radius 2 is 0.763 bits per heavy atom. The molecule has 2 N–H and O–H groups in total. The van der Waals surface area contributed by atoms with E-state index >= 15 is 0 Å². The molecule has 0 unspecified atom stereocenters. The van der Waals surface area contributed by atoms with E-state index in [9.17, 15) is 78.3 Å². The van der Waals surface area contributed by atoms with Crippen molar-refractivity contribution in [2.45, 2.75) is 47.5 Å². The summed E-state index contributed by atoms with van der Waals surface area (Å²) in [6.07, 6.45) is -1.73. The van der Waals surface area contributed by atoms with Gasteiger partial charge < -0.3 is 9.47 Å². The number of sulfonamides is 2. The van der Waals surface area contributed by atoms with Gasteiger partial charge in [-0.2, -0.15) is 61.5 Å². The minimum Gasteiger partial charge on any atom is -0.375 e. The molecule has 38 heavy (non-hydrogen) atoms. The average Bonchev–Trinajstić information content (AvgIpc) is 2.70. The lowest BCUT2D eigenvalue weighted by atomic mass is 9.99. The van der Waals surface area contributed by atoms with E-state index in [4.69, 9.17) is 0 Å². The lowest BCUT2D eigenvalue weighted by Crippen LogP contribution is -2.64. The van der Waals surface area contributed by atoms with Crippen molar-refractivity contribution in [1.29, 1.82) is 0 Å². The summed E-state index contributed by atoms with van der Waals surface area (Å²) in [5.41, 5.74) is -11.5. The Bertz CT molecular complexity index is 889. The average molecular weight is 640 g/mol. The van der Waals surface area contributed by atoms with Crippen LogP contribution in [0.2, 0.25) is 0 Å². The quantitative estimate of drug-likeness (QED) is 0.187. The maximum Gasteiger partial charge on any atom is 0.511 e. The van der Waals surface area contributed by atoms with Gasteiger partial charge in [-0.25, -0.2) is 26.3 Å². The highest BCUT2D eigenvalue weighted by molar-refractivity contribution is 7.90. The highest BCUT2D eigenvalue weighted by Crippen LogP contribution is 2.52. The molecule has 0 atom stereocenters. The zero-order valence-electron chi connectivity index (χ0n) is 18.2. The Morgan fingerprint density at radius 3 is 1.00 bits per heavy atom. The molecule has 0 aromatic heterocycles. The van der Waals surface area contributed by atoms with Crippen LogP contribution in [0, 0.1) is 0 Å². The third-order valence-electron chi connectivity index (χ3n) is 4.00. The van der Waals surface area contributed by atoms with Crippen LogP contribution in [0.4, 0.5) is 61.5 Å². The molecule has 8 nitrogen and oxygen atoms in total. The first kappa shape index (κ1) is 36.8. The van der Waals surface area contributed by atoms with Gasteiger partial charge in [0.1, 0.15) is 13.2 Å². The normalized spacial score (nSPS) is 15.2. The van der Waals surface area contributed by atoms with Crippen LogP contribution in [0.3, 0.4) is 0 Å². The SMILES string of the molecule is O=S(=O)(NCCCOCC(F)(F)C(F)(F)C(F)(F)C(F)(F)COCCCNS(=O)(=O)C(F)(F)F)C(F)(F)F. The fraction of sp³-hybridized carbons (Fsp3) is 1.00. The van der Waals surface area contributed by atoms with Crippen LogP contribution in [0.1, 0.15) is 12.8 Å². The molecule has 0 saturated heterocycles. The molecule has 0 heterocycles. The molecular weight excluding hydrogens is 622 g/mol. The van der Waals surface area contributed by atoms with Crippen LogP contribution in [0.5, 0.6) is 0 Å². The van der Waals surface area contributed by atoms with Gasteiger partial charge in [0.25, 0.3) is 0 Å². The van der Waals surface area contributed by atoms with Crippen molar-refractivity contribution >= 4 is 20.0 Å². The molecule has 0 spiro atoms. The van der Waals surface area contributed by atoms with Gasteiger partial charge in [-0.05, 0) is 12.8 Å². The minimum atomic E-state index is -6.83. The molecule has 0 aliphatic heterocycles. The van der Waals surface area contributed by atoms with E-state index < -0.39 is 107 Å². The van der Waals surface area contributed by atoms with Crippen LogP contribution in [-0.2, 0) is 29.5 Å². The van der Waals surface area contributed by atoms with E-state index in [1.54, 1.807) is 0 Å². The number of nitrogens with one attached hydrogen (secondary N) is 2. The van der Waals surface area contributed by atoms with E-state index in [1.807, 2.05) is 0 Å². The first-order chi connectivity index (χ1) is 16.7. The predicted octanol–water partition coefficient (Wildman–Crippen LogP) is 3.22. The van der Waals surface area contributed by atoms with E-state index in [1.165, 1.54) is 0 Å². The van der Waals surface area contributed by atoms with E-state index in [0.717, 1.165) is 9.44 Å². The van der Waals surface area contributed by atoms with E-state index in [-0.39, 0.29) is 0 Å². The minimum absolute atomic E-state index is 0.865. The molecule has 24 heteroatoms. The Hall–Kier alpha value is -1.24. The maximum absolute atomic E-state index is 13.7. The summed E-state index contributed by atoms with van der Waals surface area (Å²) in [4.78, 5) is 0. The van der Waals surface area contributed by atoms with Gasteiger partial charge in [-0.3, -0.25) is 0 Å². The molecule has 0 aromatic rings. The molecule has 0 saturated carbocycles.